The van der Waals surface area contributed by atoms with Crippen LogP contribution >= 0.6 is 0 Å². The molecule has 3 heterocycles. The van der Waals surface area contributed by atoms with Crippen molar-refractivity contribution in [2.75, 3.05) is 11.9 Å². The molecule has 0 saturated heterocycles. The Bertz CT molecular complexity index is 1140. The van der Waals surface area contributed by atoms with Gasteiger partial charge in [-0.05, 0) is 19.4 Å². The summed E-state index contributed by atoms with van der Waals surface area (Å²) in [4.78, 5) is 39.2. The second-order valence-electron chi connectivity index (χ2n) is 7.00. The van der Waals surface area contributed by atoms with Crippen LogP contribution < -0.4 is 11.0 Å². The van der Waals surface area contributed by atoms with E-state index in [-0.39, 0.29) is 24.1 Å². The topological polar surface area (TPSA) is 115 Å². The molecule has 10 nitrogen and oxygen atoms in total. The molecular formula is C19H20N6O4. The van der Waals surface area contributed by atoms with Gasteiger partial charge in [-0.15, -0.1) is 5.10 Å². The van der Waals surface area contributed by atoms with Crippen LogP contribution in [-0.4, -0.2) is 42.8 Å². The molecule has 1 aromatic carbocycles. The first-order chi connectivity index (χ1) is 13.9. The van der Waals surface area contributed by atoms with Crippen LogP contribution in [-0.2, 0) is 24.4 Å². The van der Waals surface area contributed by atoms with Crippen molar-refractivity contribution in [2.45, 2.75) is 33.5 Å². The van der Waals surface area contributed by atoms with Crippen molar-refractivity contribution in [2.24, 2.45) is 0 Å². The van der Waals surface area contributed by atoms with Gasteiger partial charge in [0.25, 0.3) is 5.91 Å². The molecule has 1 N–H and O–H groups in total. The maximum absolute atomic E-state index is 12.8. The fourth-order valence-electron chi connectivity index (χ4n) is 3.29. The van der Waals surface area contributed by atoms with Gasteiger partial charge in [0, 0.05) is 25.7 Å². The SMILES string of the molecule is Cc1cccc(CN2CCn3c(nn(CC(=O)Nc4cc(C)on4)c3=O)C2=O)c1. The van der Waals surface area contributed by atoms with Crippen LogP contribution in [0.3, 0.4) is 0 Å². The zero-order valence-corrected chi connectivity index (χ0v) is 16.1. The van der Waals surface area contributed by atoms with Crippen LogP contribution in [0.2, 0.25) is 0 Å². The standard InChI is InChI=1S/C19H20N6O4/c1-12-4-3-5-14(8-12)10-23-6-7-24-17(18(23)27)21-25(19(24)28)11-16(26)20-15-9-13(2)29-22-15/h3-5,8-9H,6-7,10-11H2,1-2H3,(H,20,22,26). The first kappa shape index (κ1) is 18.7. The number of benzene rings is 1. The molecule has 1 aliphatic rings. The Morgan fingerprint density at radius 2 is 2.03 bits per heavy atom. The number of aryl methyl sites for hydroxylation is 2. The lowest BCUT2D eigenvalue weighted by atomic mass is 10.1. The minimum atomic E-state index is -0.491. The van der Waals surface area contributed by atoms with E-state index in [2.05, 4.69) is 15.6 Å². The van der Waals surface area contributed by atoms with E-state index in [0.717, 1.165) is 15.8 Å². The molecule has 0 aliphatic carbocycles. The zero-order valence-electron chi connectivity index (χ0n) is 16.1. The van der Waals surface area contributed by atoms with E-state index in [1.54, 1.807) is 17.9 Å². The summed E-state index contributed by atoms with van der Waals surface area (Å²) in [5.41, 5.74) is 1.63. The smallest absolute Gasteiger partial charge is 0.346 e. The number of anilines is 1. The van der Waals surface area contributed by atoms with Crippen molar-refractivity contribution < 1.29 is 14.1 Å². The number of aromatic nitrogens is 4. The average molecular weight is 396 g/mol. The fourth-order valence-corrected chi connectivity index (χ4v) is 3.29. The number of fused-ring (bicyclic) bond motifs is 1. The summed E-state index contributed by atoms with van der Waals surface area (Å²) < 4.78 is 7.18. The molecule has 0 unspecified atom stereocenters. The Hall–Kier alpha value is -3.69. The number of carbonyl (C=O) groups is 2. The average Bonchev–Trinajstić information content (AvgIpc) is 3.21. The molecule has 2 aromatic heterocycles. The van der Waals surface area contributed by atoms with Crippen molar-refractivity contribution in [1.29, 1.82) is 0 Å². The summed E-state index contributed by atoms with van der Waals surface area (Å²) in [7, 11) is 0. The molecule has 4 rings (SSSR count). The Morgan fingerprint density at radius 3 is 2.76 bits per heavy atom. The molecular weight excluding hydrogens is 376 g/mol. The number of nitrogens with one attached hydrogen (secondary N) is 1. The van der Waals surface area contributed by atoms with Gasteiger partial charge in [-0.1, -0.05) is 35.0 Å². The van der Waals surface area contributed by atoms with Gasteiger partial charge in [-0.2, -0.15) is 0 Å². The fraction of sp³-hybridized carbons (Fsp3) is 0.316. The van der Waals surface area contributed by atoms with E-state index in [1.165, 1.54) is 4.57 Å². The number of carbonyl (C=O) groups excluding carboxylic acids is 2. The quantitative estimate of drug-likeness (QED) is 0.686. The Morgan fingerprint density at radius 1 is 1.21 bits per heavy atom. The molecule has 1 aliphatic heterocycles. The molecule has 0 fully saturated rings. The Balaban J connectivity index is 1.49. The Labute approximate surface area is 165 Å². The first-order valence-corrected chi connectivity index (χ1v) is 9.16. The van der Waals surface area contributed by atoms with Crippen molar-refractivity contribution in [3.05, 3.63) is 63.5 Å². The highest BCUT2D eigenvalue weighted by atomic mass is 16.5. The molecule has 0 atom stereocenters. The van der Waals surface area contributed by atoms with E-state index in [1.807, 2.05) is 31.2 Å². The van der Waals surface area contributed by atoms with Gasteiger partial charge in [0.1, 0.15) is 12.3 Å². The highest BCUT2D eigenvalue weighted by Gasteiger charge is 2.30. The van der Waals surface area contributed by atoms with Gasteiger partial charge in [0.05, 0.1) is 0 Å². The maximum atomic E-state index is 12.8. The monoisotopic (exact) mass is 396 g/mol. The Kier molecular flexibility index (Phi) is 4.75. The zero-order chi connectivity index (χ0) is 20.5. The summed E-state index contributed by atoms with van der Waals surface area (Å²) in [5, 5.41) is 10.3. The van der Waals surface area contributed by atoms with Gasteiger partial charge >= 0.3 is 5.69 Å². The lowest BCUT2D eigenvalue weighted by Crippen LogP contribution is -2.42. The predicted molar refractivity (Wildman–Crippen MR) is 102 cm³/mol. The van der Waals surface area contributed by atoms with Gasteiger partial charge in [0.2, 0.25) is 11.7 Å². The first-order valence-electron chi connectivity index (χ1n) is 9.16. The van der Waals surface area contributed by atoms with Gasteiger partial charge in [0.15, 0.2) is 5.82 Å². The lowest BCUT2D eigenvalue weighted by molar-refractivity contribution is -0.117. The summed E-state index contributed by atoms with van der Waals surface area (Å²) >= 11 is 0. The van der Waals surface area contributed by atoms with Crippen LogP contribution in [0, 0.1) is 13.8 Å². The van der Waals surface area contributed by atoms with E-state index in [0.29, 0.717) is 25.4 Å². The van der Waals surface area contributed by atoms with Crippen LogP contribution in [0.5, 0.6) is 0 Å². The van der Waals surface area contributed by atoms with Crippen molar-refractivity contribution in [3.63, 3.8) is 0 Å². The van der Waals surface area contributed by atoms with Gasteiger partial charge < -0.3 is 14.7 Å². The van der Waals surface area contributed by atoms with E-state index >= 15 is 0 Å². The largest absolute Gasteiger partial charge is 0.360 e. The number of hydrogen-bond donors (Lipinski definition) is 1. The van der Waals surface area contributed by atoms with Crippen LogP contribution in [0.25, 0.3) is 0 Å². The van der Waals surface area contributed by atoms with Crippen LogP contribution in [0.4, 0.5) is 5.82 Å². The molecule has 0 saturated carbocycles. The molecule has 0 radical (unpaired) electrons. The minimum absolute atomic E-state index is 0.0407. The third kappa shape index (κ3) is 3.82. The number of nitrogens with zero attached hydrogens (tertiary/aromatic N) is 5. The maximum Gasteiger partial charge on any atom is 0.346 e. The normalized spacial score (nSPS) is 13.4. The number of rotatable bonds is 5. The van der Waals surface area contributed by atoms with E-state index in [9.17, 15) is 14.4 Å². The summed E-state index contributed by atoms with van der Waals surface area (Å²) in [6.07, 6.45) is 0. The van der Waals surface area contributed by atoms with E-state index < -0.39 is 11.6 Å². The third-order valence-electron chi connectivity index (χ3n) is 4.64. The van der Waals surface area contributed by atoms with E-state index in [4.69, 9.17) is 4.52 Å². The lowest BCUT2D eigenvalue weighted by Gasteiger charge is -2.26. The highest BCUT2D eigenvalue weighted by molar-refractivity contribution is 5.92. The minimum Gasteiger partial charge on any atom is -0.360 e. The van der Waals surface area contributed by atoms with Crippen molar-refractivity contribution in [1.82, 2.24) is 24.4 Å². The van der Waals surface area contributed by atoms with Crippen molar-refractivity contribution >= 4 is 17.6 Å². The predicted octanol–water partition coefficient (Wildman–Crippen LogP) is 0.944. The second kappa shape index (κ2) is 7.38. The number of hydrogen-bond acceptors (Lipinski definition) is 6. The molecule has 10 heteroatoms. The summed E-state index contributed by atoms with van der Waals surface area (Å²) in [6.45, 7) is 4.53. The molecule has 0 spiro atoms. The highest BCUT2D eigenvalue weighted by Crippen LogP contribution is 2.14. The number of amides is 2. The molecule has 2 amide bonds. The second-order valence-corrected chi connectivity index (χ2v) is 7.00. The summed E-state index contributed by atoms with van der Waals surface area (Å²) in [5.74, 6) is 0.0270. The molecule has 29 heavy (non-hydrogen) atoms. The van der Waals surface area contributed by atoms with Gasteiger partial charge in [-0.3, -0.25) is 14.2 Å². The van der Waals surface area contributed by atoms with Crippen LogP contribution in [0.15, 0.2) is 39.6 Å². The van der Waals surface area contributed by atoms with Gasteiger partial charge in [-0.25, -0.2) is 9.48 Å². The van der Waals surface area contributed by atoms with Crippen molar-refractivity contribution in [3.8, 4) is 0 Å². The summed E-state index contributed by atoms with van der Waals surface area (Å²) in [6, 6.07) is 9.47. The molecule has 0 bridgehead atoms. The molecule has 3 aromatic rings. The third-order valence-corrected chi connectivity index (χ3v) is 4.64. The molecule has 150 valence electrons. The van der Waals surface area contributed by atoms with Crippen LogP contribution in [0.1, 0.15) is 27.5 Å².